The number of anilines is 1. The second-order valence-electron chi connectivity index (χ2n) is 4.05. The van der Waals surface area contributed by atoms with Gasteiger partial charge in [-0.2, -0.15) is 0 Å². The quantitative estimate of drug-likeness (QED) is 0.814. The third-order valence-corrected chi connectivity index (χ3v) is 3.28. The van der Waals surface area contributed by atoms with Crippen molar-refractivity contribution in [2.75, 3.05) is 24.5 Å². The highest BCUT2D eigenvalue weighted by atomic mass is 35.5. The Labute approximate surface area is 98.6 Å². The summed E-state index contributed by atoms with van der Waals surface area (Å²) < 4.78 is 0. The van der Waals surface area contributed by atoms with Crippen LogP contribution in [0.3, 0.4) is 0 Å². The molecular formula is C10H15ClN4O. The van der Waals surface area contributed by atoms with Gasteiger partial charge >= 0.3 is 0 Å². The molecule has 0 aliphatic carbocycles. The summed E-state index contributed by atoms with van der Waals surface area (Å²) >= 11 is 5.93. The molecule has 0 radical (unpaired) electrons. The van der Waals surface area contributed by atoms with Crippen LogP contribution in [0.25, 0.3) is 0 Å². The van der Waals surface area contributed by atoms with Crippen LogP contribution in [0.1, 0.15) is 12.8 Å². The molecule has 1 aromatic heterocycles. The van der Waals surface area contributed by atoms with Gasteiger partial charge in [-0.1, -0.05) is 11.6 Å². The maximum absolute atomic E-state index is 11.3. The molecule has 1 atom stereocenters. The normalized spacial score (nSPS) is 20.4. The Morgan fingerprint density at radius 3 is 3.25 bits per heavy atom. The summed E-state index contributed by atoms with van der Waals surface area (Å²) in [6.45, 7) is 2.48. The number of nitrogens with zero attached hydrogens (tertiary/aromatic N) is 2. The van der Waals surface area contributed by atoms with Crippen molar-refractivity contribution in [3.8, 4) is 0 Å². The molecule has 6 heteroatoms. The van der Waals surface area contributed by atoms with E-state index in [1.54, 1.807) is 0 Å². The molecule has 16 heavy (non-hydrogen) atoms. The monoisotopic (exact) mass is 242 g/mol. The van der Waals surface area contributed by atoms with Gasteiger partial charge in [0.25, 0.3) is 5.56 Å². The molecule has 1 aliphatic rings. The average Bonchev–Trinajstić information content (AvgIpc) is 2.71. The summed E-state index contributed by atoms with van der Waals surface area (Å²) in [5, 5.41) is 0.177. The lowest BCUT2D eigenvalue weighted by molar-refractivity contribution is 0.546. The van der Waals surface area contributed by atoms with E-state index in [1.807, 2.05) is 0 Å². The van der Waals surface area contributed by atoms with Crippen molar-refractivity contribution in [1.82, 2.24) is 9.97 Å². The van der Waals surface area contributed by atoms with E-state index < -0.39 is 0 Å². The van der Waals surface area contributed by atoms with Crippen molar-refractivity contribution in [2.24, 2.45) is 11.7 Å². The van der Waals surface area contributed by atoms with Crippen molar-refractivity contribution in [3.05, 3.63) is 21.7 Å². The smallest absolute Gasteiger partial charge is 0.271 e. The summed E-state index contributed by atoms with van der Waals surface area (Å²) in [6, 6.07) is 0. The van der Waals surface area contributed by atoms with Crippen LogP contribution in [0, 0.1) is 5.92 Å². The Hall–Kier alpha value is -1.07. The minimum atomic E-state index is -0.283. The number of aromatic amines is 1. The molecule has 1 aromatic rings. The first-order valence-electron chi connectivity index (χ1n) is 5.40. The molecule has 0 bridgehead atoms. The molecule has 0 saturated carbocycles. The van der Waals surface area contributed by atoms with Gasteiger partial charge in [0, 0.05) is 13.1 Å². The zero-order chi connectivity index (χ0) is 11.5. The highest BCUT2D eigenvalue weighted by Crippen LogP contribution is 2.26. The van der Waals surface area contributed by atoms with E-state index in [-0.39, 0.29) is 10.6 Å². The van der Waals surface area contributed by atoms with Crippen molar-refractivity contribution >= 4 is 17.4 Å². The molecule has 5 nitrogen and oxygen atoms in total. The molecule has 2 heterocycles. The lowest BCUT2D eigenvalue weighted by Gasteiger charge is -2.17. The lowest BCUT2D eigenvalue weighted by atomic mass is 10.1. The molecule has 0 spiro atoms. The van der Waals surface area contributed by atoms with Gasteiger partial charge in [-0.3, -0.25) is 4.79 Å². The van der Waals surface area contributed by atoms with E-state index in [0.29, 0.717) is 18.3 Å². The standard InChI is InChI=1S/C10H15ClN4O/c11-8-9(13-6-14-10(8)16)15-4-2-7(5-15)1-3-12/h6-7H,1-5,12H2,(H,13,14,16). The molecular weight excluding hydrogens is 228 g/mol. The van der Waals surface area contributed by atoms with Crippen molar-refractivity contribution in [1.29, 1.82) is 0 Å². The molecule has 0 amide bonds. The van der Waals surface area contributed by atoms with Crippen LogP contribution in [0.2, 0.25) is 5.02 Å². The van der Waals surface area contributed by atoms with E-state index in [2.05, 4.69) is 14.9 Å². The maximum Gasteiger partial charge on any atom is 0.271 e. The van der Waals surface area contributed by atoms with Crippen LogP contribution in [-0.4, -0.2) is 29.6 Å². The fourth-order valence-electron chi connectivity index (χ4n) is 2.09. The maximum atomic E-state index is 11.3. The van der Waals surface area contributed by atoms with Gasteiger partial charge in [0.2, 0.25) is 0 Å². The topological polar surface area (TPSA) is 75.0 Å². The molecule has 2 rings (SSSR count). The van der Waals surface area contributed by atoms with Crippen molar-refractivity contribution in [2.45, 2.75) is 12.8 Å². The molecule has 3 N–H and O–H groups in total. The number of nitrogens with one attached hydrogen (secondary N) is 1. The summed E-state index contributed by atoms with van der Waals surface area (Å²) in [4.78, 5) is 20.0. The highest BCUT2D eigenvalue weighted by molar-refractivity contribution is 6.32. The van der Waals surface area contributed by atoms with Crippen LogP contribution in [0.5, 0.6) is 0 Å². The van der Waals surface area contributed by atoms with Crippen molar-refractivity contribution < 1.29 is 0 Å². The number of hydrogen-bond acceptors (Lipinski definition) is 4. The predicted molar refractivity (Wildman–Crippen MR) is 63.9 cm³/mol. The number of hydrogen-bond donors (Lipinski definition) is 2. The Morgan fingerprint density at radius 1 is 1.69 bits per heavy atom. The Balaban J connectivity index is 2.14. The van der Waals surface area contributed by atoms with Crippen molar-refractivity contribution in [3.63, 3.8) is 0 Å². The summed E-state index contributed by atoms with van der Waals surface area (Å²) in [7, 11) is 0. The second kappa shape index (κ2) is 4.84. The SMILES string of the molecule is NCCC1CCN(c2nc[nH]c(=O)c2Cl)C1. The number of rotatable bonds is 3. The predicted octanol–water partition coefficient (Wildman–Crippen LogP) is 0.598. The van der Waals surface area contributed by atoms with E-state index in [4.69, 9.17) is 17.3 Å². The minimum Gasteiger partial charge on any atom is -0.355 e. The van der Waals surface area contributed by atoms with Gasteiger partial charge in [0.1, 0.15) is 5.02 Å². The lowest BCUT2D eigenvalue weighted by Crippen LogP contribution is -2.24. The van der Waals surface area contributed by atoms with Crippen LogP contribution in [-0.2, 0) is 0 Å². The summed E-state index contributed by atoms with van der Waals surface area (Å²) in [6.07, 6.45) is 3.49. The highest BCUT2D eigenvalue weighted by Gasteiger charge is 2.24. The Kier molecular flexibility index (Phi) is 3.46. The van der Waals surface area contributed by atoms with E-state index in [9.17, 15) is 4.79 Å². The van der Waals surface area contributed by atoms with Gasteiger partial charge < -0.3 is 15.6 Å². The first-order chi connectivity index (χ1) is 7.72. The molecule has 1 aliphatic heterocycles. The summed E-state index contributed by atoms with van der Waals surface area (Å²) in [5.41, 5.74) is 5.25. The van der Waals surface area contributed by atoms with E-state index >= 15 is 0 Å². The molecule has 1 unspecified atom stereocenters. The number of H-pyrrole nitrogens is 1. The largest absolute Gasteiger partial charge is 0.355 e. The fraction of sp³-hybridized carbons (Fsp3) is 0.600. The van der Waals surface area contributed by atoms with Gasteiger partial charge in [0.05, 0.1) is 6.33 Å². The summed E-state index contributed by atoms with van der Waals surface area (Å²) in [5.74, 6) is 1.17. The Morgan fingerprint density at radius 2 is 2.50 bits per heavy atom. The molecule has 1 saturated heterocycles. The second-order valence-corrected chi connectivity index (χ2v) is 4.43. The zero-order valence-electron chi connectivity index (χ0n) is 8.95. The molecule has 88 valence electrons. The van der Waals surface area contributed by atoms with E-state index in [0.717, 1.165) is 25.9 Å². The molecule has 0 aromatic carbocycles. The van der Waals surface area contributed by atoms with Crippen LogP contribution in [0.4, 0.5) is 5.82 Å². The van der Waals surface area contributed by atoms with Gasteiger partial charge in [-0.25, -0.2) is 4.98 Å². The number of nitrogens with two attached hydrogens (primary N) is 1. The van der Waals surface area contributed by atoms with Gasteiger partial charge in [-0.15, -0.1) is 0 Å². The Bertz CT molecular complexity index is 420. The van der Waals surface area contributed by atoms with Gasteiger partial charge in [-0.05, 0) is 25.3 Å². The number of halogens is 1. The third kappa shape index (κ3) is 2.20. The van der Waals surface area contributed by atoms with Crippen LogP contribution in [0.15, 0.2) is 11.1 Å². The average molecular weight is 243 g/mol. The van der Waals surface area contributed by atoms with E-state index in [1.165, 1.54) is 6.33 Å². The van der Waals surface area contributed by atoms with Crippen LogP contribution >= 0.6 is 11.6 Å². The minimum absolute atomic E-state index is 0.177. The fourth-order valence-corrected chi connectivity index (χ4v) is 2.31. The number of aromatic nitrogens is 2. The molecule has 1 fully saturated rings. The first-order valence-corrected chi connectivity index (χ1v) is 5.78. The third-order valence-electron chi connectivity index (χ3n) is 2.94. The zero-order valence-corrected chi connectivity index (χ0v) is 9.70. The van der Waals surface area contributed by atoms with Gasteiger partial charge in [0.15, 0.2) is 5.82 Å². The first kappa shape index (κ1) is 11.4. The van der Waals surface area contributed by atoms with Crippen LogP contribution < -0.4 is 16.2 Å².